The summed E-state index contributed by atoms with van der Waals surface area (Å²) >= 11 is 0. The Hall–Kier alpha value is -3.92. The molecule has 0 aliphatic rings. The minimum absolute atomic E-state index is 0.294. The molecular weight excluding hydrogens is 472 g/mol. The van der Waals surface area contributed by atoms with Gasteiger partial charge in [0.15, 0.2) is 0 Å². The van der Waals surface area contributed by atoms with Gasteiger partial charge in [-0.3, -0.25) is 0 Å². The Kier molecular flexibility index (Phi) is 8.16. The first-order valence-corrected chi connectivity index (χ1v) is 12.7. The highest BCUT2D eigenvalue weighted by Gasteiger charge is 2.29. The summed E-state index contributed by atoms with van der Waals surface area (Å²) < 4.78 is 11.0. The molecule has 0 N–H and O–H groups in total. The fourth-order valence-electron chi connectivity index (χ4n) is 4.86. The smallest absolute Gasteiger partial charge is 0.335 e. The molecule has 0 aromatic heterocycles. The molecule has 0 spiro atoms. The monoisotopic (exact) mass is 510 g/mol. The van der Waals surface area contributed by atoms with E-state index < -0.39 is 11.9 Å². The van der Waals surface area contributed by atoms with Crippen molar-refractivity contribution in [2.24, 2.45) is 0 Å². The van der Waals surface area contributed by atoms with Crippen molar-refractivity contribution in [3.8, 4) is 11.5 Å². The fraction of sp³-hybridized carbons (Fsp3) is 0.294. The summed E-state index contributed by atoms with van der Waals surface area (Å²) in [5.74, 6) is 0.237. The first-order chi connectivity index (χ1) is 17.7. The minimum atomic E-state index is -0.462. The normalized spacial score (nSPS) is 11.6. The third-order valence-electron chi connectivity index (χ3n) is 7.41. The van der Waals surface area contributed by atoms with E-state index in [4.69, 9.17) is 9.47 Å². The number of aryl methyl sites for hydroxylation is 4. The molecule has 3 aromatic rings. The first kappa shape index (κ1) is 28.6. The summed E-state index contributed by atoms with van der Waals surface area (Å²) in [5.41, 5.74) is 7.68. The molecule has 0 bridgehead atoms. The summed E-state index contributed by atoms with van der Waals surface area (Å²) in [7, 11) is 0. The third kappa shape index (κ3) is 5.65. The van der Waals surface area contributed by atoms with Crippen LogP contribution in [0.5, 0.6) is 11.5 Å². The van der Waals surface area contributed by atoms with Crippen LogP contribution in [0.4, 0.5) is 0 Å². The predicted molar refractivity (Wildman–Crippen MR) is 154 cm³/mol. The maximum absolute atomic E-state index is 11.8. The molecular formula is C34H38O4. The quantitative estimate of drug-likeness (QED) is 0.177. The number of hydrogen-bond acceptors (Lipinski definition) is 4. The number of esters is 2. The zero-order valence-electron chi connectivity index (χ0n) is 23.8. The Balaban J connectivity index is 2.02. The zero-order chi connectivity index (χ0) is 28.4. The van der Waals surface area contributed by atoms with Gasteiger partial charge in [0.25, 0.3) is 0 Å². The summed E-state index contributed by atoms with van der Waals surface area (Å²) in [6.45, 7) is 23.6. The lowest BCUT2D eigenvalue weighted by atomic mass is 9.72. The molecule has 0 heterocycles. The highest BCUT2D eigenvalue weighted by Crippen LogP contribution is 2.40. The molecule has 38 heavy (non-hydrogen) atoms. The summed E-state index contributed by atoms with van der Waals surface area (Å²) in [6, 6.07) is 17.0. The molecule has 0 atom stereocenters. The molecule has 3 aromatic carbocycles. The lowest BCUT2D eigenvalue weighted by Crippen LogP contribution is -2.23. The van der Waals surface area contributed by atoms with E-state index in [-0.39, 0.29) is 10.8 Å². The second-order valence-corrected chi connectivity index (χ2v) is 11.0. The number of carbonyl (C=O) groups excluding carboxylic acids is 2. The maximum atomic E-state index is 11.8. The lowest BCUT2D eigenvalue weighted by molar-refractivity contribution is -0.129. The van der Waals surface area contributed by atoms with Crippen molar-refractivity contribution in [2.45, 2.75) is 66.2 Å². The Morgan fingerprint density at radius 2 is 0.921 bits per heavy atom. The Bertz CT molecular complexity index is 1270. The molecule has 0 radical (unpaired) electrons. The van der Waals surface area contributed by atoms with E-state index in [1.54, 1.807) is 0 Å². The van der Waals surface area contributed by atoms with Gasteiger partial charge in [0, 0.05) is 23.0 Å². The number of benzene rings is 3. The van der Waals surface area contributed by atoms with Crippen LogP contribution in [0, 0.1) is 27.7 Å². The lowest BCUT2D eigenvalue weighted by Gasteiger charge is -2.32. The highest BCUT2D eigenvalue weighted by molar-refractivity contribution is 5.84. The van der Waals surface area contributed by atoms with Crippen LogP contribution in [0.15, 0.2) is 73.8 Å². The number of hydrogen-bond donors (Lipinski definition) is 0. The van der Waals surface area contributed by atoms with Crippen LogP contribution in [-0.4, -0.2) is 11.9 Å². The third-order valence-corrected chi connectivity index (χ3v) is 7.41. The average Bonchev–Trinajstić information content (AvgIpc) is 2.87. The van der Waals surface area contributed by atoms with Gasteiger partial charge in [-0.1, -0.05) is 89.4 Å². The molecule has 0 aliphatic heterocycles. The van der Waals surface area contributed by atoms with E-state index >= 15 is 0 Å². The Morgan fingerprint density at radius 3 is 1.21 bits per heavy atom. The second-order valence-electron chi connectivity index (χ2n) is 11.0. The van der Waals surface area contributed by atoms with Crippen LogP contribution in [0.3, 0.4) is 0 Å². The summed E-state index contributed by atoms with van der Waals surface area (Å²) in [5, 5.41) is 0. The van der Waals surface area contributed by atoms with Gasteiger partial charge in [-0.25, -0.2) is 9.59 Å². The van der Waals surface area contributed by atoms with Crippen molar-refractivity contribution in [1.29, 1.82) is 0 Å². The molecule has 0 unspecified atom stereocenters. The van der Waals surface area contributed by atoms with Crippen LogP contribution in [0.2, 0.25) is 0 Å². The topological polar surface area (TPSA) is 52.6 Å². The van der Waals surface area contributed by atoms with Gasteiger partial charge >= 0.3 is 11.9 Å². The van der Waals surface area contributed by atoms with Gasteiger partial charge < -0.3 is 9.47 Å². The SMILES string of the molecule is C=CC(=O)Oc1c(C)cc(C(C)(C)c2cccc(C(C)(C)c3cc(C)c(OC(=O)C=C)c(C)c3)c2)cc1C. The predicted octanol–water partition coefficient (Wildman–Crippen LogP) is 7.75. The molecule has 4 heteroatoms. The Morgan fingerprint density at radius 1 is 0.605 bits per heavy atom. The summed E-state index contributed by atoms with van der Waals surface area (Å²) in [6.07, 6.45) is 2.35. The number of ether oxygens (including phenoxy) is 2. The minimum Gasteiger partial charge on any atom is -0.423 e. The molecule has 4 nitrogen and oxygen atoms in total. The van der Waals surface area contributed by atoms with Gasteiger partial charge in [0.2, 0.25) is 0 Å². The number of rotatable bonds is 8. The zero-order valence-corrected chi connectivity index (χ0v) is 23.8. The average molecular weight is 511 g/mol. The van der Waals surface area contributed by atoms with E-state index in [9.17, 15) is 9.59 Å². The molecule has 0 amide bonds. The highest BCUT2D eigenvalue weighted by atomic mass is 16.5. The molecule has 0 saturated heterocycles. The van der Waals surface area contributed by atoms with E-state index in [0.29, 0.717) is 11.5 Å². The molecule has 198 valence electrons. The van der Waals surface area contributed by atoms with Crippen LogP contribution < -0.4 is 9.47 Å². The van der Waals surface area contributed by atoms with Gasteiger partial charge in [-0.2, -0.15) is 0 Å². The molecule has 0 aliphatic carbocycles. The van der Waals surface area contributed by atoms with Crippen molar-refractivity contribution in [2.75, 3.05) is 0 Å². The van der Waals surface area contributed by atoms with E-state index in [2.05, 4.69) is 89.4 Å². The van der Waals surface area contributed by atoms with Crippen molar-refractivity contribution in [3.63, 3.8) is 0 Å². The second kappa shape index (κ2) is 10.8. The van der Waals surface area contributed by atoms with Gasteiger partial charge in [0.1, 0.15) is 11.5 Å². The van der Waals surface area contributed by atoms with E-state index in [0.717, 1.165) is 33.4 Å². The van der Waals surface area contributed by atoms with Crippen molar-refractivity contribution in [3.05, 3.63) is 118 Å². The van der Waals surface area contributed by atoms with Crippen molar-refractivity contribution in [1.82, 2.24) is 0 Å². The largest absolute Gasteiger partial charge is 0.423 e. The number of carbonyl (C=O) groups is 2. The molecule has 3 rings (SSSR count). The standard InChI is InChI=1S/C34H38O4/c1-11-29(35)37-31-21(3)16-27(17-22(31)4)33(7,8)25-14-13-15-26(20-25)34(9,10)28-18-23(5)32(24(6)19-28)38-30(36)12-2/h11-20H,1-2H2,3-10H3. The van der Waals surface area contributed by atoms with Gasteiger partial charge in [-0.05, 0) is 72.2 Å². The maximum Gasteiger partial charge on any atom is 0.335 e. The molecule has 0 saturated carbocycles. The summed E-state index contributed by atoms with van der Waals surface area (Å²) in [4.78, 5) is 23.6. The first-order valence-electron chi connectivity index (χ1n) is 12.7. The molecule has 0 fully saturated rings. The van der Waals surface area contributed by atoms with Crippen molar-refractivity contribution < 1.29 is 19.1 Å². The fourth-order valence-corrected chi connectivity index (χ4v) is 4.86. The van der Waals surface area contributed by atoms with Crippen LogP contribution >= 0.6 is 0 Å². The van der Waals surface area contributed by atoms with E-state index in [1.165, 1.54) is 23.3 Å². The van der Waals surface area contributed by atoms with Crippen LogP contribution in [0.1, 0.15) is 72.2 Å². The van der Waals surface area contributed by atoms with Crippen LogP contribution in [0.25, 0.3) is 0 Å². The van der Waals surface area contributed by atoms with E-state index in [1.807, 2.05) is 27.7 Å². The van der Waals surface area contributed by atoms with Gasteiger partial charge in [-0.15, -0.1) is 0 Å². The Labute approximate surface area is 227 Å². The van der Waals surface area contributed by atoms with Crippen molar-refractivity contribution >= 4 is 11.9 Å². The van der Waals surface area contributed by atoms with Gasteiger partial charge in [0.05, 0.1) is 0 Å². The van der Waals surface area contributed by atoms with Crippen LogP contribution in [-0.2, 0) is 20.4 Å².